The van der Waals surface area contributed by atoms with Crippen LogP contribution in [0.5, 0.6) is 0 Å². The number of nitrogens with one attached hydrogen (secondary N) is 1. The smallest absolute Gasteiger partial charge is 0.255 e. The predicted molar refractivity (Wildman–Crippen MR) is 110 cm³/mol. The molecule has 0 spiro atoms. The van der Waals surface area contributed by atoms with Crippen LogP contribution in [0, 0.1) is 0 Å². The van der Waals surface area contributed by atoms with Gasteiger partial charge in [0.05, 0.1) is 0 Å². The van der Waals surface area contributed by atoms with Crippen LogP contribution in [0.4, 0.5) is 5.69 Å². The molecule has 2 aromatic rings. The van der Waals surface area contributed by atoms with Gasteiger partial charge in [-0.2, -0.15) is 0 Å². The standard InChI is InChI=1S/C23H26N2O3/c1-3-21-12-4-5-13-25(21)23(28)19-10-6-9-18(14-19)22(27)24-20-11-7-8-17(15-20)16(2)26/h6-11,14-15,21H,3-5,12-13H2,1-2H3,(H,24,27). The Kier molecular flexibility index (Phi) is 6.24. The van der Waals surface area contributed by atoms with Crippen molar-refractivity contribution in [1.29, 1.82) is 0 Å². The van der Waals surface area contributed by atoms with Crippen LogP contribution in [-0.2, 0) is 0 Å². The molecule has 1 aliphatic heterocycles. The number of rotatable bonds is 5. The monoisotopic (exact) mass is 378 g/mol. The molecular formula is C23H26N2O3. The minimum absolute atomic E-state index is 0.0141. The molecule has 1 saturated heterocycles. The number of amides is 2. The Morgan fingerprint density at radius 1 is 1.00 bits per heavy atom. The van der Waals surface area contributed by atoms with E-state index in [9.17, 15) is 14.4 Å². The van der Waals surface area contributed by atoms with Crippen LogP contribution >= 0.6 is 0 Å². The molecule has 1 unspecified atom stereocenters. The normalized spacial score (nSPS) is 16.5. The van der Waals surface area contributed by atoms with Gasteiger partial charge in [0.1, 0.15) is 0 Å². The first kappa shape index (κ1) is 19.8. The zero-order valence-corrected chi connectivity index (χ0v) is 16.4. The van der Waals surface area contributed by atoms with E-state index in [1.807, 2.05) is 4.90 Å². The van der Waals surface area contributed by atoms with Crippen LogP contribution in [0.3, 0.4) is 0 Å². The first-order chi connectivity index (χ1) is 13.5. The van der Waals surface area contributed by atoms with E-state index in [2.05, 4.69) is 12.2 Å². The lowest BCUT2D eigenvalue weighted by atomic mass is 9.98. The summed E-state index contributed by atoms with van der Waals surface area (Å²) >= 11 is 0. The van der Waals surface area contributed by atoms with Gasteiger partial charge in [0.15, 0.2) is 5.78 Å². The van der Waals surface area contributed by atoms with Crippen molar-refractivity contribution in [3.8, 4) is 0 Å². The number of ketones is 1. The highest BCUT2D eigenvalue weighted by Crippen LogP contribution is 2.22. The Labute approximate surface area is 165 Å². The molecule has 5 heteroatoms. The summed E-state index contributed by atoms with van der Waals surface area (Å²) < 4.78 is 0. The summed E-state index contributed by atoms with van der Waals surface area (Å²) in [4.78, 5) is 39.1. The number of piperidine rings is 1. The second kappa shape index (κ2) is 8.83. The van der Waals surface area contributed by atoms with Crippen LogP contribution < -0.4 is 5.32 Å². The van der Waals surface area contributed by atoms with E-state index in [4.69, 9.17) is 0 Å². The maximum Gasteiger partial charge on any atom is 0.255 e. The largest absolute Gasteiger partial charge is 0.336 e. The molecule has 1 aliphatic rings. The lowest BCUT2D eigenvalue weighted by Gasteiger charge is -2.35. The van der Waals surface area contributed by atoms with E-state index in [1.54, 1.807) is 48.5 Å². The highest BCUT2D eigenvalue weighted by Gasteiger charge is 2.26. The van der Waals surface area contributed by atoms with Crippen LogP contribution in [0.1, 0.15) is 70.6 Å². The van der Waals surface area contributed by atoms with E-state index >= 15 is 0 Å². The molecule has 1 N–H and O–H groups in total. The van der Waals surface area contributed by atoms with Gasteiger partial charge in [-0.15, -0.1) is 0 Å². The van der Waals surface area contributed by atoms with Crippen molar-refractivity contribution < 1.29 is 14.4 Å². The molecule has 0 aliphatic carbocycles. The van der Waals surface area contributed by atoms with Crippen LogP contribution in [0.2, 0.25) is 0 Å². The minimum atomic E-state index is -0.305. The summed E-state index contributed by atoms with van der Waals surface area (Å²) in [6.45, 7) is 4.36. The Morgan fingerprint density at radius 2 is 1.71 bits per heavy atom. The average Bonchev–Trinajstić information content (AvgIpc) is 2.73. The van der Waals surface area contributed by atoms with Gasteiger partial charge in [-0.05, 0) is 62.9 Å². The maximum absolute atomic E-state index is 13.0. The molecule has 0 saturated carbocycles. The predicted octanol–water partition coefficient (Wildman–Crippen LogP) is 4.55. The van der Waals surface area contributed by atoms with Gasteiger partial charge in [0.25, 0.3) is 11.8 Å². The Balaban J connectivity index is 1.77. The van der Waals surface area contributed by atoms with Gasteiger partial charge in [-0.1, -0.05) is 25.1 Å². The third-order valence-corrected chi connectivity index (χ3v) is 5.26. The lowest BCUT2D eigenvalue weighted by Crippen LogP contribution is -2.43. The SMILES string of the molecule is CCC1CCCCN1C(=O)c1cccc(C(=O)Nc2cccc(C(C)=O)c2)c1. The van der Waals surface area contributed by atoms with Crippen LogP contribution in [0.15, 0.2) is 48.5 Å². The minimum Gasteiger partial charge on any atom is -0.336 e. The number of anilines is 1. The first-order valence-electron chi connectivity index (χ1n) is 9.83. The number of carbonyl (C=O) groups is 3. The number of hydrogen-bond acceptors (Lipinski definition) is 3. The van der Waals surface area contributed by atoms with E-state index in [-0.39, 0.29) is 23.6 Å². The van der Waals surface area contributed by atoms with E-state index in [1.165, 1.54) is 6.92 Å². The molecule has 0 radical (unpaired) electrons. The van der Waals surface area contributed by atoms with Crippen LogP contribution in [0.25, 0.3) is 0 Å². The molecule has 146 valence electrons. The fourth-order valence-electron chi connectivity index (χ4n) is 3.67. The molecule has 0 aromatic heterocycles. The summed E-state index contributed by atoms with van der Waals surface area (Å²) in [5, 5.41) is 2.80. The van der Waals surface area contributed by atoms with Crippen molar-refractivity contribution >= 4 is 23.3 Å². The average molecular weight is 378 g/mol. The zero-order chi connectivity index (χ0) is 20.1. The molecule has 2 amide bonds. The van der Waals surface area contributed by atoms with Gasteiger partial charge in [0.2, 0.25) is 0 Å². The molecule has 5 nitrogen and oxygen atoms in total. The van der Waals surface area contributed by atoms with E-state index < -0.39 is 0 Å². The number of carbonyl (C=O) groups excluding carboxylic acids is 3. The number of hydrogen-bond donors (Lipinski definition) is 1. The van der Waals surface area contributed by atoms with Crippen molar-refractivity contribution in [3.05, 3.63) is 65.2 Å². The zero-order valence-electron chi connectivity index (χ0n) is 16.4. The van der Waals surface area contributed by atoms with E-state index in [0.29, 0.717) is 22.4 Å². The van der Waals surface area contributed by atoms with Gasteiger partial charge in [-0.25, -0.2) is 0 Å². The van der Waals surface area contributed by atoms with Crippen molar-refractivity contribution in [2.75, 3.05) is 11.9 Å². The topological polar surface area (TPSA) is 66.5 Å². The van der Waals surface area contributed by atoms with Crippen LogP contribution in [-0.4, -0.2) is 35.1 Å². The fraction of sp³-hybridized carbons (Fsp3) is 0.348. The van der Waals surface area contributed by atoms with Gasteiger partial charge < -0.3 is 10.2 Å². The second-order valence-corrected chi connectivity index (χ2v) is 7.23. The summed E-state index contributed by atoms with van der Waals surface area (Å²) in [5.74, 6) is -0.378. The summed E-state index contributed by atoms with van der Waals surface area (Å²) in [7, 11) is 0. The molecule has 1 atom stereocenters. The molecule has 1 heterocycles. The highest BCUT2D eigenvalue weighted by molar-refractivity contribution is 6.06. The number of Topliss-reactive ketones (excluding diaryl/α,β-unsaturated/α-hetero) is 1. The third kappa shape index (κ3) is 4.47. The lowest BCUT2D eigenvalue weighted by molar-refractivity contribution is 0.0608. The number of nitrogens with zero attached hydrogens (tertiary/aromatic N) is 1. The summed E-state index contributed by atoms with van der Waals surface area (Å²) in [6, 6.07) is 13.9. The van der Waals surface area contributed by atoms with Gasteiger partial charge >= 0.3 is 0 Å². The second-order valence-electron chi connectivity index (χ2n) is 7.23. The summed E-state index contributed by atoms with van der Waals surface area (Å²) in [5.41, 5.74) is 2.04. The van der Waals surface area contributed by atoms with Crippen molar-refractivity contribution in [2.45, 2.75) is 45.6 Å². The summed E-state index contributed by atoms with van der Waals surface area (Å²) in [6.07, 6.45) is 4.16. The highest BCUT2D eigenvalue weighted by atomic mass is 16.2. The van der Waals surface area contributed by atoms with E-state index in [0.717, 1.165) is 32.2 Å². The van der Waals surface area contributed by atoms with Crippen molar-refractivity contribution in [1.82, 2.24) is 4.90 Å². The molecule has 2 aromatic carbocycles. The van der Waals surface area contributed by atoms with Gasteiger partial charge in [-0.3, -0.25) is 14.4 Å². The molecule has 0 bridgehead atoms. The number of benzene rings is 2. The van der Waals surface area contributed by atoms with Crippen molar-refractivity contribution in [3.63, 3.8) is 0 Å². The molecular weight excluding hydrogens is 352 g/mol. The fourth-order valence-corrected chi connectivity index (χ4v) is 3.67. The Bertz CT molecular complexity index is 891. The number of likely N-dealkylation sites (tertiary alicyclic amines) is 1. The Morgan fingerprint density at radius 3 is 2.46 bits per heavy atom. The molecule has 1 fully saturated rings. The Hall–Kier alpha value is -2.95. The first-order valence-corrected chi connectivity index (χ1v) is 9.83. The molecule has 3 rings (SSSR count). The van der Waals surface area contributed by atoms with Crippen molar-refractivity contribution in [2.24, 2.45) is 0 Å². The third-order valence-electron chi connectivity index (χ3n) is 5.26. The van der Waals surface area contributed by atoms with Gasteiger partial charge in [0, 0.05) is 35.0 Å². The molecule has 28 heavy (non-hydrogen) atoms. The maximum atomic E-state index is 13.0. The quantitative estimate of drug-likeness (QED) is 0.777.